The van der Waals surface area contributed by atoms with Crippen molar-refractivity contribution in [3.63, 3.8) is 0 Å². The average molecular weight is 346 g/mol. The number of benzene rings is 1. The number of nitrogens with zero attached hydrogens (tertiary/aromatic N) is 2. The van der Waals surface area contributed by atoms with Crippen molar-refractivity contribution in [2.24, 2.45) is 0 Å². The molecule has 0 aliphatic carbocycles. The largest absolute Gasteiger partial charge is 0.361 e. The van der Waals surface area contributed by atoms with Gasteiger partial charge in [0.25, 0.3) is 0 Å². The summed E-state index contributed by atoms with van der Waals surface area (Å²) < 4.78 is 0. The van der Waals surface area contributed by atoms with E-state index in [1.807, 2.05) is 5.38 Å². The van der Waals surface area contributed by atoms with Crippen LogP contribution in [-0.4, -0.2) is 35.0 Å². The zero-order valence-corrected chi connectivity index (χ0v) is 14.8. The van der Waals surface area contributed by atoms with Gasteiger partial charge in [-0.3, -0.25) is 0 Å². The second-order valence-corrected chi connectivity index (χ2v) is 7.48. The van der Waals surface area contributed by atoms with Gasteiger partial charge < -0.3 is 9.88 Å². The first-order valence-corrected chi connectivity index (χ1v) is 9.46. The molecule has 0 radical (unpaired) electrons. The van der Waals surface area contributed by atoms with E-state index in [9.17, 15) is 0 Å². The molecule has 3 nitrogen and oxygen atoms in total. The van der Waals surface area contributed by atoms with Crippen molar-refractivity contribution in [2.45, 2.75) is 24.6 Å². The number of fused-ring (bicyclic) bond motifs is 1. The summed E-state index contributed by atoms with van der Waals surface area (Å²) >= 11 is 7.55. The molecule has 1 N–H and O–H groups in total. The standard InChI is InChI=1S/C18H20ClN3S/c1-22-6-4-12(5-7-22)16-10-20-17-3-2-13(8-15(16)17)18-21-14(9-19)11-23-18/h2-3,8,10-12,20H,4-7,9H2,1H3. The summed E-state index contributed by atoms with van der Waals surface area (Å²) in [6.07, 6.45) is 4.68. The van der Waals surface area contributed by atoms with E-state index in [1.165, 1.54) is 48.0 Å². The number of alkyl halides is 1. The number of H-pyrrole nitrogens is 1. The minimum Gasteiger partial charge on any atom is -0.361 e. The summed E-state index contributed by atoms with van der Waals surface area (Å²) in [6.45, 7) is 2.37. The third-order valence-corrected chi connectivity index (χ3v) is 6.02. The molecule has 23 heavy (non-hydrogen) atoms. The molecule has 0 saturated carbocycles. The first-order valence-electron chi connectivity index (χ1n) is 8.05. The molecule has 1 aromatic carbocycles. The molecule has 0 spiro atoms. The van der Waals surface area contributed by atoms with Crippen LogP contribution in [0.15, 0.2) is 29.8 Å². The summed E-state index contributed by atoms with van der Waals surface area (Å²) in [5, 5.41) is 4.44. The molecule has 3 heterocycles. The van der Waals surface area contributed by atoms with E-state index in [0.29, 0.717) is 11.8 Å². The number of aromatic amines is 1. The normalized spacial score (nSPS) is 17.1. The summed E-state index contributed by atoms with van der Waals surface area (Å²) in [5.41, 5.74) is 4.82. The van der Waals surface area contributed by atoms with E-state index in [0.717, 1.165) is 10.7 Å². The Kier molecular flexibility index (Phi) is 4.14. The maximum Gasteiger partial charge on any atom is 0.123 e. The Labute approximate surface area is 145 Å². The molecular weight excluding hydrogens is 326 g/mol. The van der Waals surface area contributed by atoms with Gasteiger partial charge in [0.1, 0.15) is 5.01 Å². The van der Waals surface area contributed by atoms with Crippen LogP contribution in [0.5, 0.6) is 0 Å². The fraction of sp³-hybridized carbons (Fsp3) is 0.389. The fourth-order valence-electron chi connectivity index (χ4n) is 3.43. The molecule has 5 heteroatoms. The highest BCUT2D eigenvalue weighted by Crippen LogP contribution is 2.35. The van der Waals surface area contributed by atoms with Gasteiger partial charge in [-0.25, -0.2) is 4.98 Å². The van der Waals surface area contributed by atoms with E-state index in [-0.39, 0.29) is 0 Å². The van der Waals surface area contributed by atoms with Gasteiger partial charge in [-0.15, -0.1) is 22.9 Å². The Morgan fingerprint density at radius 1 is 1.35 bits per heavy atom. The highest BCUT2D eigenvalue weighted by atomic mass is 35.5. The van der Waals surface area contributed by atoms with E-state index in [2.05, 4.69) is 46.3 Å². The lowest BCUT2D eigenvalue weighted by atomic mass is 9.89. The van der Waals surface area contributed by atoms with Crippen molar-refractivity contribution in [3.05, 3.63) is 41.0 Å². The summed E-state index contributed by atoms with van der Waals surface area (Å²) in [4.78, 5) is 10.5. The van der Waals surface area contributed by atoms with Crippen LogP contribution in [-0.2, 0) is 5.88 Å². The van der Waals surface area contributed by atoms with Crippen molar-refractivity contribution >= 4 is 33.8 Å². The monoisotopic (exact) mass is 345 g/mol. The van der Waals surface area contributed by atoms with Crippen molar-refractivity contribution < 1.29 is 0 Å². The number of hydrogen-bond acceptors (Lipinski definition) is 3. The molecule has 120 valence electrons. The molecule has 1 aliphatic rings. The second kappa shape index (κ2) is 6.27. The summed E-state index contributed by atoms with van der Waals surface area (Å²) in [7, 11) is 2.21. The van der Waals surface area contributed by atoms with Crippen molar-refractivity contribution in [1.29, 1.82) is 0 Å². The van der Waals surface area contributed by atoms with Crippen LogP contribution in [0.4, 0.5) is 0 Å². The fourth-order valence-corrected chi connectivity index (χ4v) is 4.48. The first kappa shape index (κ1) is 15.2. The van der Waals surface area contributed by atoms with Crippen LogP contribution in [0.3, 0.4) is 0 Å². The van der Waals surface area contributed by atoms with Crippen LogP contribution in [0.1, 0.15) is 30.0 Å². The van der Waals surface area contributed by atoms with Gasteiger partial charge in [0.2, 0.25) is 0 Å². The number of thiazole rings is 1. The maximum atomic E-state index is 5.88. The maximum absolute atomic E-state index is 5.88. The molecule has 1 saturated heterocycles. The summed E-state index contributed by atoms with van der Waals surface area (Å²) in [5.74, 6) is 1.13. The first-order chi connectivity index (χ1) is 11.2. The van der Waals surface area contributed by atoms with Gasteiger partial charge in [0.15, 0.2) is 0 Å². The minimum atomic E-state index is 0.476. The topological polar surface area (TPSA) is 31.9 Å². The number of rotatable bonds is 3. The molecule has 0 amide bonds. The molecule has 0 atom stereocenters. The van der Waals surface area contributed by atoms with Gasteiger partial charge in [-0.1, -0.05) is 0 Å². The Balaban J connectivity index is 1.71. The molecule has 3 aromatic rings. The van der Waals surface area contributed by atoms with Crippen LogP contribution in [0.2, 0.25) is 0 Å². The van der Waals surface area contributed by atoms with Crippen molar-refractivity contribution in [1.82, 2.24) is 14.9 Å². The van der Waals surface area contributed by atoms with Gasteiger partial charge in [0, 0.05) is 28.0 Å². The summed E-state index contributed by atoms with van der Waals surface area (Å²) in [6, 6.07) is 6.61. The van der Waals surface area contributed by atoms with Crippen LogP contribution in [0.25, 0.3) is 21.5 Å². The highest BCUT2D eigenvalue weighted by Gasteiger charge is 2.21. The molecule has 1 fully saturated rings. The molecule has 0 bridgehead atoms. The Hall–Kier alpha value is -1.36. The van der Waals surface area contributed by atoms with Gasteiger partial charge >= 0.3 is 0 Å². The zero-order valence-electron chi connectivity index (χ0n) is 13.2. The highest BCUT2D eigenvalue weighted by molar-refractivity contribution is 7.13. The lowest BCUT2D eigenvalue weighted by Gasteiger charge is -2.28. The third-order valence-electron chi connectivity index (χ3n) is 4.81. The number of piperidine rings is 1. The lowest BCUT2D eigenvalue weighted by molar-refractivity contribution is 0.256. The predicted octanol–water partition coefficient (Wildman–Crippen LogP) is 4.84. The van der Waals surface area contributed by atoms with E-state index < -0.39 is 0 Å². The van der Waals surface area contributed by atoms with E-state index in [4.69, 9.17) is 11.6 Å². The van der Waals surface area contributed by atoms with Crippen LogP contribution >= 0.6 is 22.9 Å². The van der Waals surface area contributed by atoms with Gasteiger partial charge in [0.05, 0.1) is 11.6 Å². The Bertz CT molecular complexity index is 815. The molecule has 1 aliphatic heterocycles. The smallest absolute Gasteiger partial charge is 0.123 e. The van der Waals surface area contributed by atoms with Crippen molar-refractivity contribution in [3.8, 4) is 10.6 Å². The number of aromatic nitrogens is 2. The van der Waals surface area contributed by atoms with E-state index in [1.54, 1.807) is 11.3 Å². The van der Waals surface area contributed by atoms with Crippen molar-refractivity contribution in [2.75, 3.05) is 20.1 Å². The second-order valence-electron chi connectivity index (χ2n) is 6.36. The molecule has 4 rings (SSSR count). The van der Waals surface area contributed by atoms with Gasteiger partial charge in [-0.2, -0.15) is 0 Å². The third kappa shape index (κ3) is 2.91. The lowest BCUT2D eigenvalue weighted by Crippen LogP contribution is -2.29. The van der Waals surface area contributed by atoms with E-state index >= 15 is 0 Å². The van der Waals surface area contributed by atoms with Crippen LogP contribution in [0, 0.1) is 0 Å². The van der Waals surface area contributed by atoms with Crippen LogP contribution < -0.4 is 0 Å². The predicted molar refractivity (Wildman–Crippen MR) is 98.4 cm³/mol. The quantitative estimate of drug-likeness (QED) is 0.689. The Morgan fingerprint density at radius 3 is 2.91 bits per heavy atom. The molecule has 0 unspecified atom stereocenters. The van der Waals surface area contributed by atoms with Gasteiger partial charge in [-0.05, 0) is 62.7 Å². The number of hydrogen-bond donors (Lipinski definition) is 1. The zero-order chi connectivity index (χ0) is 15.8. The molecule has 2 aromatic heterocycles. The minimum absolute atomic E-state index is 0.476. The number of halogens is 1. The number of likely N-dealkylation sites (tertiary alicyclic amines) is 1. The average Bonchev–Trinajstić information content (AvgIpc) is 3.22. The molecular formula is C18H20ClN3S. The number of nitrogens with one attached hydrogen (secondary N) is 1. The Morgan fingerprint density at radius 2 is 2.17 bits per heavy atom. The SMILES string of the molecule is CN1CCC(c2c[nH]c3ccc(-c4nc(CCl)cs4)cc23)CC1.